The van der Waals surface area contributed by atoms with Crippen LogP contribution in [0.15, 0.2) is 77.9 Å². The number of anilines is 1. The number of rotatable bonds is 7. The van der Waals surface area contributed by atoms with E-state index in [1.807, 2.05) is 6.07 Å². The number of carbonyl (C=O) groups excluding carboxylic acids is 1. The van der Waals surface area contributed by atoms with E-state index in [1.54, 1.807) is 54.6 Å². The maximum atomic E-state index is 12.1. The number of hydrazone groups is 1. The van der Waals surface area contributed by atoms with Gasteiger partial charge < -0.3 is 10.5 Å². The van der Waals surface area contributed by atoms with E-state index in [1.165, 1.54) is 18.3 Å². The van der Waals surface area contributed by atoms with Crippen molar-refractivity contribution in [2.24, 2.45) is 5.10 Å². The molecule has 0 radical (unpaired) electrons. The first-order valence-electron chi connectivity index (χ1n) is 8.67. The molecule has 8 heteroatoms. The van der Waals surface area contributed by atoms with Crippen LogP contribution in [0, 0.1) is 10.1 Å². The van der Waals surface area contributed by atoms with Gasteiger partial charge in [-0.05, 0) is 47.5 Å². The molecule has 0 bridgehead atoms. The number of nitrogens with two attached hydrogens (primary N) is 1. The number of hydrogen-bond donors (Lipinski definition) is 2. The molecule has 146 valence electrons. The van der Waals surface area contributed by atoms with Crippen molar-refractivity contribution in [3.8, 4) is 5.75 Å². The fourth-order valence-corrected chi connectivity index (χ4v) is 2.49. The summed E-state index contributed by atoms with van der Waals surface area (Å²) >= 11 is 0. The highest BCUT2D eigenvalue weighted by molar-refractivity contribution is 5.99. The van der Waals surface area contributed by atoms with E-state index in [-0.39, 0.29) is 12.3 Å². The molecule has 1 amide bonds. The van der Waals surface area contributed by atoms with E-state index in [4.69, 9.17) is 10.5 Å². The molecule has 0 spiro atoms. The fraction of sp³-hybridized carbons (Fsp3) is 0.0476. The number of carbonyl (C=O) groups is 1. The molecule has 0 aliphatic heterocycles. The first-order valence-corrected chi connectivity index (χ1v) is 8.67. The number of benzene rings is 3. The minimum absolute atomic E-state index is 0.0336. The standard InChI is InChI=1S/C21H18N4O4/c22-20-7-2-1-6-19(20)21(26)24-23-13-16-4-3-5-18(12-16)29-14-15-8-10-17(11-9-15)25(27)28/h1-13H,14,22H2,(H,24,26)/b23-13+. The van der Waals surface area contributed by atoms with Gasteiger partial charge >= 0.3 is 0 Å². The number of nitro groups is 1. The third-order valence-electron chi connectivity index (χ3n) is 4.00. The zero-order valence-corrected chi connectivity index (χ0v) is 15.3. The van der Waals surface area contributed by atoms with Crippen molar-refractivity contribution < 1.29 is 14.5 Å². The first kappa shape index (κ1) is 19.6. The van der Waals surface area contributed by atoms with Gasteiger partial charge in [-0.2, -0.15) is 5.10 Å². The summed E-state index contributed by atoms with van der Waals surface area (Å²) in [5, 5.41) is 14.6. The number of para-hydroxylation sites is 1. The van der Waals surface area contributed by atoms with Crippen LogP contribution in [0.5, 0.6) is 5.75 Å². The Morgan fingerprint density at radius 3 is 2.59 bits per heavy atom. The Hall–Kier alpha value is -4.20. The van der Waals surface area contributed by atoms with Gasteiger partial charge in [-0.1, -0.05) is 24.3 Å². The van der Waals surface area contributed by atoms with E-state index >= 15 is 0 Å². The van der Waals surface area contributed by atoms with Crippen LogP contribution >= 0.6 is 0 Å². The summed E-state index contributed by atoms with van der Waals surface area (Å²) in [4.78, 5) is 22.3. The molecule has 0 fully saturated rings. The zero-order valence-electron chi connectivity index (χ0n) is 15.3. The Labute approximate surface area is 166 Å². The van der Waals surface area contributed by atoms with Crippen LogP contribution < -0.4 is 15.9 Å². The van der Waals surface area contributed by atoms with Crippen molar-refractivity contribution in [3.05, 3.63) is 99.6 Å². The number of hydrogen-bond acceptors (Lipinski definition) is 6. The third-order valence-corrected chi connectivity index (χ3v) is 4.00. The topological polar surface area (TPSA) is 120 Å². The quantitative estimate of drug-likeness (QED) is 0.277. The summed E-state index contributed by atoms with van der Waals surface area (Å²) in [5.74, 6) is 0.204. The number of non-ortho nitro benzene ring substituents is 1. The molecule has 0 aromatic heterocycles. The van der Waals surface area contributed by atoms with Crippen molar-refractivity contribution in [1.82, 2.24) is 5.43 Å². The molecule has 3 rings (SSSR count). The summed E-state index contributed by atoms with van der Waals surface area (Å²) in [5.41, 5.74) is 10.5. The van der Waals surface area contributed by atoms with E-state index in [2.05, 4.69) is 10.5 Å². The monoisotopic (exact) mass is 390 g/mol. The number of nitrogens with zero attached hydrogens (tertiary/aromatic N) is 2. The van der Waals surface area contributed by atoms with Crippen LogP contribution in [-0.4, -0.2) is 17.0 Å². The molecule has 0 saturated carbocycles. The van der Waals surface area contributed by atoms with E-state index in [0.717, 1.165) is 11.1 Å². The lowest BCUT2D eigenvalue weighted by molar-refractivity contribution is -0.384. The number of nitro benzene ring substituents is 1. The molecule has 3 aromatic rings. The smallest absolute Gasteiger partial charge is 0.273 e. The number of nitrogen functional groups attached to an aromatic ring is 1. The van der Waals surface area contributed by atoms with Crippen molar-refractivity contribution in [2.75, 3.05) is 5.73 Å². The Morgan fingerprint density at radius 2 is 1.86 bits per heavy atom. The molecule has 0 saturated heterocycles. The predicted octanol–water partition coefficient (Wildman–Crippen LogP) is 3.52. The highest BCUT2D eigenvalue weighted by atomic mass is 16.6. The summed E-state index contributed by atoms with van der Waals surface area (Å²) in [6.07, 6.45) is 1.50. The SMILES string of the molecule is Nc1ccccc1C(=O)N/N=C/c1cccc(OCc2ccc([N+](=O)[O-])cc2)c1. The predicted molar refractivity (Wildman–Crippen MR) is 110 cm³/mol. The maximum Gasteiger partial charge on any atom is 0.273 e. The minimum Gasteiger partial charge on any atom is -0.489 e. The van der Waals surface area contributed by atoms with Crippen LogP contribution in [0.4, 0.5) is 11.4 Å². The molecule has 3 N–H and O–H groups in total. The molecule has 0 aliphatic rings. The Kier molecular flexibility index (Phi) is 6.16. The van der Waals surface area contributed by atoms with Gasteiger partial charge in [-0.25, -0.2) is 5.43 Å². The Bertz CT molecular complexity index is 1050. The lowest BCUT2D eigenvalue weighted by Gasteiger charge is -2.07. The minimum atomic E-state index is -0.446. The highest BCUT2D eigenvalue weighted by Gasteiger charge is 2.07. The van der Waals surface area contributed by atoms with E-state index in [0.29, 0.717) is 17.0 Å². The molecule has 0 atom stereocenters. The molecule has 0 unspecified atom stereocenters. The van der Waals surface area contributed by atoms with Gasteiger partial charge in [-0.3, -0.25) is 14.9 Å². The molecule has 3 aromatic carbocycles. The van der Waals surface area contributed by atoms with Gasteiger partial charge in [0.1, 0.15) is 12.4 Å². The maximum absolute atomic E-state index is 12.1. The molecule has 29 heavy (non-hydrogen) atoms. The first-order chi connectivity index (χ1) is 14.0. The zero-order chi connectivity index (χ0) is 20.6. The van der Waals surface area contributed by atoms with Gasteiger partial charge in [0.15, 0.2) is 0 Å². The Morgan fingerprint density at radius 1 is 1.10 bits per heavy atom. The van der Waals surface area contributed by atoms with Crippen molar-refractivity contribution in [2.45, 2.75) is 6.61 Å². The summed E-state index contributed by atoms with van der Waals surface area (Å²) in [6.45, 7) is 0.266. The van der Waals surface area contributed by atoms with E-state index in [9.17, 15) is 14.9 Å². The normalized spacial score (nSPS) is 10.6. The second-order valence-electron chi connectivity index (χ2n) is 6.07. The van der Waals surface area contributed by atoms with Crippen LogP contribution in [0.25, 0.3) is 0 Å². The third kappa shape index (κ3) is 5.39. The van der Waals surface area contributed by atoms with Crippen LogP contribution in [0.1, 0.15) is 21.5 Å². The number of ether oxygens (including phenoxy) is 1. The molecule has 8 nitrogen and oxygen atoms in total. The molecular weight excluding hydrogens is 372 g/mol. The second kappa shape index (κ2) is 9.14. The lowest BCUT2D eigenvalue weighted by atomic mass is 10.2. The van der Waals surface area contributed by atoms with Gasteiger partial charge in [0.05, 0.1) is 16.7 Å². The molecule has 0 aliphatic carbocycles. The lowest BCUT2D eigenvalue weighted by Crippen LogP contribution is -2.18. The molecular formula is C21H18N4O4. The Balaban J connectivity index is 1.57. The molecule has 0 heterocycles. The average Bonchev–Trinajstić information content (AvgIpc) is 2.73. The second-order valence-corrected chi connectivity index (χ2v) is 6.07. The van der Waals surface area contributed by atoms with Gasteiger partial charge in [0.2, 0.25) is 0 Å². The largest absolute Gasteiger partial charge is 0.489 e. The van der Waals surface area contributed by atoms with Crippen molar-refractivity contribution in [3.63, 3.8) is 0 Å². The van der Waals surface area contributed by atoms with Gasteiger partial charge in [0, 0.05) is 17.8 Å². The summed E-state index contributed by atoms with van der Waals surface area (Å²) in [7, 11) is 0. The number of nitrogens with one attached hydrogen (secondary N) is 1. The summed E-state index contributed by atoms with van der Waals surface area (Å²) in [6, 6.07) is 20.0. The van der Waals surface area contributed by atoms with E-state index < -0.39 is 10.8 Å². The van der Waals surface area contributed by atoms with Crippen LogP contribution in [-0.2, 0) is 6.61 Å². The van der Waals surface area contributed by atoms with Crippen LogP contribution in [0.2, 0.25) is 0 Å². The summed E-state index contributed by atoms with van der Waals surface area (Å²) < 4.78 is 5.71. The highest BCUT2D eigenvalue weighted by Crippen LogP contribution is 2.16. The fourth-order valence-electron chi connectivity index (χ4n) is 2.49. The van der Waals surface area contributed by atoms with Gasteiger partial charge in [0.25, 0.3) is 11.6 Å². The average molecular weight is 390 g/mol. The van der Waals surface area contributed by atoms with Crippen LogP contribution in [0.3, 0.4) is 0 Å². The van der Waals surface area contributed by atoms with Gasteiger partial charge in [-0.15, -0.1) is 0 Å². The van der Waals surface area contributed by atoms with Crippen molar-refractivity contribution >= 4 is 23.5 Å². The van der Waals surface area contributed by atoms with Crippen molar-refractivity contribution in [1.29, 1.82) is 0 Å². The number of amides is 1.